The van der Waals surface area contributed by atoms with Crippen LogP contribution in [0.15, 0.2) is 66.9 Å². The molecule has 0 aliphatic rings. The van der Waals surface area contributed by atoms with E-state index in [4.69, 9.17) is 4.74 Å². The second-order valence-corrected chi connectivity index (χ2v) is 4.93. The molecule has 0 saturated carbocycles. The van der Waals surface area contributed by atoms with Crippen LogP contribution < -0.4 is 4.74 Å². The molecular weight excluding hydrogens is 262 g/mol. The number of rotatable bonds is 5. The maximum Gasteiger partial charge on any atom is 0.119 e. The van der Waals surface area contributed by atoms with E-state index in [1.807, 2.05) is 60.7 Å². The monoisotopic (exact) mass is 279 g/mol. The zero-order valence-corrected chi connectivity index (χ0v) is 11.6. The minimum absolute atomic E-state index is 0.470. The third kappa shape index (κ3) is 3.38. The molecule has 0 radical (unpaired) electrons. The molecule has 0 aliphatic carbocycles. The van der Waals surface area contributed by atoms with Gasteiger partial charge in [0, 0.05) is 18.0 Å². The highest BCUT2D eigenvalue weighted by atomic mass is 16.5. The van der Waals surface area contributed by atoms with E-state index in [1.165, 1.54) is 0 Å². The van der Waals surface area contributed by atoms with Crippen LogP contribution in [0.25, 0.3) is 10.9 Å². The topological polar surface area (TPSA) is 42.4 Å². The molecular formula is C18H17NO2. The van der Waals surface area contributed by atoms with E-state index >= 15 is 0 Å². The summed E-state index contributed by atoms with van der Waals surface area (Å²) in [4.78, 5) is 4.37. The van der Waals surface area contributed by atoms with Crippen LogP contribution in [0.5, 0.6) is 5.75 Å². The Morgan fingerprint density at radius 3 is 2.62 bits per heavy atom. The first-order valence-electron chi connectivity index (χ1n) is 7.03. The molecule has 3 heteroatoms. The summed E-state index contributed by atoms with van der Waals surface area (Å²) in [7, 11) is 0. The van der Waals surface area contributed by atoms with Crippen molar-refractivity contribution in [1.82, 2.24) is 4.98 Å². The summed E-state index contributed by atoms with van der Waals surface area (Å²) in [5, 5.41) is 11.3. The molecule has 1 atom stereocenters. The van der Waals surface area contributed by atoms with Gasteiger partial charge in [0.2, 0.25) is 0 Å². The Kier molecular flexibility index (Phi) is 4.12. The number of aliphatic hydroxyl groups excluding tert-OH is 1. The summed E-state index contributed by atoms with van der Waals surface area (Å²) in [5.41, 5.74) is 1.76. The number of aliphatic hydroxyl groups is 1. The van der Waals surface area contributed by atoms with Gasteiger partial charge in [-0.05, 0) is 29.8 Å². The molecule has 1 unspecified atom stereocenters. The third-order valence-corrected chi connectivity index (χ3v) is 3.40. The van der Waals surface area contributed by atoms with Crippen LogP contribution in [-0.2, 0) is 0 Å². The van der Waals surface area contributed by atoms with Crippen molar-refractivity contribution < 1.29 is 9.84 Å². The Bertz CT molecular complexity index is 712. The van der Waals surface area contributed by atoms with E-state index in [2.05, 4.69) is 4.98 Å². The van der Waals surface area contributed by atoms with Crippen LogP contribution in [0.4, 0.5) is 0 Å². The SMILES string of the molecule is OC(CCOc1ccccc1)c1cnc2ccccc2c1. The largest absolute Gasteiger partial charge is 0.493 e. The number of benzene rings is 2. The fourth-order valence-corrected chi connectivity index (χ4v) is 2.24. The maximum absolute atomic E-state index is 10.2. The molecule has 3 nitrogen and oxygen atoms in total. The number of aromatic nitrogens is 1. The van der Waals surface area contributed by atoms with Crippen molar-refractivity contribution in [1.29, 1.82) is 0 Å². The summed E-state index contributed by atoms with van der Waals surface area (Å²) in [5.74, 6) is 0.821. The Labute approximate surface area is 123 Å². The first-order chi connectivity index (χ1) is 10.3. The molecule has 106 valence electrons. The number of fused-ring (bicyclic) bond motifs is 1. The lowest BCUT2D eigenvalue weighted by atomic mass is 10.1. The predicted octanol–water partition coefficient (Wildman–Crippen LogP) is 3.74. The first-order valence-corrected chi connectivity index (χ1v) is 7.03. The highest BCUT2D eigenvalue weighted by Gasteiger charge is 2.09. The average Bonchev–Trinajstić information content (AvgIpc) is 2.55. The molecule has 0 bridgehead atoms. The van der Waals surface area contributed by atoms with Gasteiger partial charge in [-0.25, -0.2) is 0 Å². The van der Waals surface area contributed by atoms with Gasteiger partial charge in [-0.3, -0.25) is 4.98 Å². The maximum atomic E-state index is 10.2. The van der Waals surface area contributed by atoms with Crippen LogP contribution in [0.1, 0.15) is 18.1 Å². The van der Waals surface area contributed by atoms with Gasteiger partial charge in [-0.2, -0.15) is 0 Å². The first kappa shape index (κ1) is 13.6. The lowest BCUT2D eigenvalue weighted by molar-refractivity contribution is 0.140. The van der Waals surface area contributed by atoms with Crippen LogP contribution in [-0.4, -0.2) is 16.7 Å². The standard InChI is InChI=1S/C18H17NO2/c20-18(10-11-21-16-7-2-1-3-8-16)15-12-14-6-4-5-9-17(14)19-13-15/h1-9,12-13,18,20H,10-11H2. The van der Waals surface area contributed by atoms with E-state index in [0.717, 1.165) is 22.2 Å². The van der Waals surface area contributed by atoms with Crippen molar-refractivity contribution in [3.63, 3.8) is 0 Å². The molecule has 1 aromatic heterocycles. The predicted molar refractivity (Wildman–Crippen MR) is 83.3 cm³/mol. The lowest BCUT2D eigenvalue weighted by Gasteiger charge is -2.12. The van der Waals surface area contributed by atoms with Crippen molar-refractivity contribution >= 4 is 10.9 Å². The van der Waals surface area contributed by atoms with Crippen LogP contribution in [0.2, 0.25) is 0 Å². The van der Waals surface area contributed by atoms with Gasteiger partial charge < -0.3 is 9.84 Å². The Balaban J connectivity index is 1.62. The van der Waals surface area contributed by atoms with Crippen molar-refractivity contribution in [2.45, 2.75) is 12.5 Å². The molecule has 0 fully saturated rings. The normalized spacial score (nSPS) is 12.2. The summed E-state index contributed by atoms with van der Waals surface area (Å²) in [6.07, 6.45) is 1.70. The fourth-order valence-electron chi connectivity index (χ4n) is 2.24. The molecule has 0 saturated heterocycles. The van der Waals surface area contributed by atoms with Crippen LogP contribution in [0.3, 0.4) is 0 Å². The third-order valence-electron chi connectivity index (χ3n) is 3.40. The number of para-hydroxylation sites is 2. The van der Waals surface area contributed by atoms with Gasteiger partial charge in [0.05, 0.1) is 18.2 Å². The van der Waals surface area contributed by atoms with Crippen molar-refractivity contribution in [3.05, 3.63) is 72.4 Å². The molecule has 3 aromatic rings. The molecule has 3 rings (SSSR count). The van der Waals surface area contributed by atoms with E-state index < -0.39 is 6.10 Å². The number of ether oxygens (including phenoxy) is 1. The average molecular weight is 279 g/mol. The van der Waals surface area contributed by atoms with Crippen LogP contribution >= 0.6 is 0 Å². The Morgan fingerprint density at radius 1 is 1.00 bits per heavy atom. The Morgan fingerprint density at radius 2 is 1.76 bits per heavy atom. The molecule has 0 spiro atoms. The molecule has 1 N–H and O–H groups in total. The number of pyridine rings is 1. The molecule has 2 aromatic carbocycles. The van der Waals surface area contributed by atoms with Gasteiger partial charge in [0.1, 0.15) is 5.75 Å². The zero-order valence-electron chi connectivity index (χ0n) is 11.6. The van der Waals surface area contributed by atoms with Gasteiger partial charge in [-0.1, -0.05) is 36.4 Å². The molecule has 0 aliphatic heterocycles. The minimum Gasteiger partial charge on any atom is -0.493 e. The summed E-state index contributed by atoms with van der Waals surface area (Å²) < 4.78 is 5.61. The Hall–Kier alpha value is -2.39. The summed E-state index contributed by atoms with van der Waals surface area (Å²) in [6, 6.07) is 19.5. The van der Waals surface area contributed by atoms with Crippen molar-refractivity contribution in [2.75, 3.05) is 6.61 Å². The lowest BCUT2D eigenvalue weighted by Crippen LogP contribution is -2.05. The van der Waals surface area contributed by atoms with E-state index in [9.17, 15) is 5.11 Å². The minimum atomic E-state index is -0.564. The van der Waals surface area contributed by atoms with Gasteiger partial charge in [-0.15, -0.1) is 0 Å². The summed E-state index contributed by atoms with van der Waals surface area (Å²) >= 11 is 0. The van der Waals surface area contributed by atoms with Crippen LogP contribution in [0, 0.1) is 0 Å². The molecule has 0 amide bonds. The number of hydrogen-bond acceptors (Lipinski definition) is 3. The molecule has 21 heavy (non-hydrogen) atoms. The van der Waals surface area contributed by atoms with Crippen molar-refractivity contribution in [2.24, 2.45) is 0 Å². The molecule has 1 heterocycles. The zero-order chi connectivity index (χ0) is 14.5. The number of nitrogens with zero attached hydrogens (tertiary/aromatic N) is 1. The highest BCUT2D eigenvalue weighted by molar-refractivity contribution is 5.78. The fraction of sp³-hybridized carbons (Fsp3) is 0.167. The quantitative estimate of drug-likeness (QED) is 0.773. The highest BCUT2D eigenvalue weighted by Crippen LogP contribution is 2.21. The summed E-state index contributed by atoms with van der Waals surface area (Å²) in [6.45, 7) is 0.470. The van der Waals surface area contributed by atoms with Gasteiger partial charge in [0.15, 0.2) is 0 Å². The smallest absolute Gasteiger partial charge is 0.119 e. The van der Waals surface area contributed by atoms with E-state index in [-0.39, 0.29) is 0 Å². The van der Waals surface area contributed by atoms with E-state index in [1.54, 1.807) is 6.20 Å². The second-order valence-electron chi connectivity index (χ2n) is 4.93. The second kappa shape index (κ2) is 6.37. The van der Waals surface area contributed by atoms with Crippen molar-refractivity contribution in [3.8, 4) is 5.75 Å². The van der Waals surface area contributed by atoms with Gasteiger partial charge in [0.25, 0.3) is 0 Å². The number of hydrogen-bond donors (Lipinski definition) is 1. The van der Waals surface area contributed by atoms with Gasteiger partial charge >= 0.3 is 0 Å². The van der Waals surface area contributed by atoms with E-state index in [0.29, 0.717) is 13.0 Å².